The Kier molecular flexibility index (Phi) is 2.79. The van der Waals surface area contributed by atoms with Crippen molar-refractivity contribution in [1.29, 1.82) is 0 Å². The van der Waals surface area contributed by atoms with E-state index in [1.807, 2.05) is 0 Å². The minimum atomic E-state index is -1.08. The molecule has 2 aliphatic rings. The Bertz CT molecular complexity index is 622. The number of para-hydroxylation sites is 1. The third-order valence-corrected chi connectivity index (χ3v) is 5.72. The van der Waals surface area contributed by atoms with Gasteiger partial charge in [-0.3, -0.25) is 20.2 Å². The summed E-state index contributed by atoms with van der Waals surface area (Å²) in [5.41, 5.74) is -0.761. The Hall–Kier alpha value is -1.96. The molecule has 1 aromatic carbocycles. The fourth-order valence-electron chi connectivity index (χ4n) is 3.19. The Morgan fingerprint density at radius 1 is 1.30 bits per heavy atom. The number of aldehydes is 1. The van der Waals surface area contributed by atoms with Crippen molar-refractivity contribution < 1.29 is 14.6 Å². The number of carbonyl (C=O) groups excluding carboxylic acids is 1. The predicted molar refractivity (Wildman–Crippen MR) is 71.1 cm³/mol. The SMILES string of the molecule is O=C[C@@]12[C@@H](c3ccccc3[N+](=O)[O-])SC[C@@H]1[C@H]2[N+](=O)[O-]. The molecule has 1 heterocycles. The Morgan fingerprint density at radius 2 is 2.00 bits per heavy atom. The van der Waals surface area contributed by atoms with Crippen LogP contribution in [0.15, 0.2) is 24.3 Å². The highest BCUT2D eigenvalue weighted by Gasteiger charge is 2.81. The standard InChI is InChI=1S/C12H10N2O5S/c15-6-12-8(10(12)14(18)19)5-20-11(12)7-3-1-2-4-9(7)13(16)17/h1-4,6,8,10-11H,5H2/t8-,10-,11-,12-/m1/s1. The average Bonchev–Trinajstić information content (AvgIpc) is 2.95. The van der Waals surface area contributed by atoms with Gasteiger partial charge in [0, 0.05) is 22.3 Å². The number of fused-ring (bicyclic) bond motifs is 1. The van der Waals surface area contributed by atoms with E-state index in [1.54, 1.807) is 18.2 Å². The summed E-state index contributed by atoms with van der Waals surface area (Å²) in [5, 5.41) is 21.6. The van der Waals surface area contributed by atoms with Crippen molar-refractivity contribution in [2.24, 2.45) is 11.3 Å². The normalized spacial score (nSPS) is 34.3. The van der Waals surface area contributed by atoms with Crippen LogP contribution in [-0.4, -0.2) is 27.9 Å². The molecule has 1 saturated heterocycles. The van der Waals surface area contributed by atoms with Gasteiger partial charge in [0.25, 0.3) is 5.69 Å². The molecule has 0 N–H and O–H groups in total. The van der Waals surface area contributed by atoms with Gasteiger partial charge in [-0.2, -0.15) is 11.8 Å². The van der Waals surface area contributed by atoms with E-state index in [-0.39, 0.29) is 11.6 Å². The molecule has 7 nitrogen and oxygen atoms in total. The highest BCUT2D eigenvalue weighted by molar-refractivity contribution is 8.00. The molecule has 0 bridgehead atoms. The summed E-state index contributed by atoms with van der Waals surface area (Å²) in [6.07, 6.45) is 0.631. The molecule has 0 radical (unpaired) electrons. The zero-order valence-corrected chi connectivity index (χ0v) is 11.0. The lowest BCUT2D eigenvalue weighted by molar-refractivity contribution is -0.503. The first-order chi connectivity index (χ1) is 9.54. The minimum Gasteiger partial charge on any atom is -0.302 e. The molecule has 0 aromatic heterocycles. The van der Waals surface area contributed by atoms with Gasteiger partial charge in [0.2, 0.25) is 6.04 Å². The molecule has 20 heavy (non-hydrogen) atoms. The van der Waals surface area contributed by atoms with Crippen LogP contribution >= 0.6 is 11.8 Å². The molecular formula is C12H10N2O5S. The van der Waals surface area contributed by atoms with Crippen molar-refractivity contribution >= 4 is 23.7 Å². The van der Waals surface area contributed by atoms with Gasteiger partial charge >= 0.3 is 0 Å². The number of thioether (sulfide) groups is 1. The summed E-state index contributed by atoms with van der Waals surface area (Å²) in [7, 11) is 0. The van der Waals surface area contributed by atoms with E-state index in [4.69, 9.17) is 0 Å². The summed E-state index contributed by atoms with van der Waals surface area (Å²) in [6, 6.07) is 5.23. The van der Waals surface area contributed by atoms with Crippen molar-refractivity contribution in [2.45, 2.75) is 11.3 Å². The largest absolute Gasteiger partial charge is 0.302 e. The molecule has 1 aromatic rings. The molecule has 4 atom stereocenters. The lowest BCUT2D eigenvalue weighted by atomic mass is 9.93. The smallest absolute Gasteiger partial charge is 0.273 e. The first-order valence-corrected chi connectivity index (χ1v) is 7.03. The maximum absolute atomic E-state index is 11.5. The van der Waals surface area contributed by atoms with E-state index in [0.29, 0.717) is 17.6 Å². The molecule has 1 aliphatic carbocycles. The van der Waals surface area contributed by atoms with Crippen LogP contribution in [0.4, 0.5) is 5.69 Å². The van der Waals surface area contributed by atoms with Gasteiger partial charge in [-0.1, -0.05) is 18.2 Å². The van der Waals surface area contributed by atoms with E-state index in [2.05, 4.69) is 0 Å². The highest BCUT2D eigenvalue weighted by Crippen LogP contribution is 2.71. The van der Waals surface area contributed by atoms with E-state index in [9.17, 15) is 25.0 Å². The zero-order chi connectivity index (χ0) is 14.5. The molecule has 0 unspecified atom stereocenters. The number of nitro benzene ring substituents is 1. The van der Waals surface area contributed by atoms with Gasteiger partial charge < -0.3 is 4.79 Å². The molecular weight excluding hydrogens is 284 g/mol. The monoisotopic (exact) mass is 294 g/mol. The maximum atomic E-state index is 11.5. The van der Waals surface area contributed by atoms with Crippen LogP contribution in [0.25, 0.3) is 0 Å². The van der Waals surface area contributed by atoms with Crippen LogP contribution in [0.2, 0.25) is 0 Å². The molecule has 104 valence electrons. The van der Waals surface area contributed by atoms with Gasteiger partial charge in [-0.25, -0.2) is 0 Å². The van der Waals surface area contributed by atoms with Crippen molar-refractivity contribution in [3.63, 3.8) is 0 Å². The lowest BCUT2D eigenvalue weighted by Gasteiger charge is -2.17. The second kappa shape index (κ2) is 4.27. The topological polar surface area (TPSA) is 103 Å². The van der Waals surface area contributed by atoms with E-state index in [0.717, 1.165) is 0 Å². The molecule has 1 saturated carbocycles. The van der Waals surface area contributed by atoms with E-state index in [1.165, 1.54) is 17.8 Å². The molecule has 0 spiro atoms. The number of hydrogen-bond acceptors (Lipinski definition) is 6. The number of nitrogens with zero attached hydrogens (tertiary/aromatic N) is 2. The van der Waals surface area contributed by atoms with Gasteiger partial charge in [0.15, 0.2) is 0 Å². The van der Waals surface area contributed by atoms with E-state index >= 15 is 0 Å². The fourth-order valence-corrected chi connectivity index (χ4v) is 5.10. The van der Waals surface area contributed by atoms with Crippen LogP contribution in [0, 0.1) is 31.6 Å². The highest BCUT2D eigenvalue weighted by atomic mass is 32.2. The van der Waals surface area contributed by atoms with Crippen molar-refractivity contribution in [3.05, 3.63) is 50.1 Å². The first-order valence-electron chi connectivity index (χ1n) is 5.98. The number of nitro groups is 2. The van der Waals surface area contributed by atoms with Gasteiger partial charge in [-0.15, -0.1) is 0 Å². The first kappa shape index (κ1) is 13.0. The zero-order valence-electron chi connectivity index (χ0n) is 10.2. The van der Waals surface area contributed by atoms with Crippen LogP contribution in [0.1, 0.15) is 10.8 Å². The van der Waals surface area contributed by atoms with Crippen molar-refractivity contribution in [3.8, 4) is 0 Å². The van der Waals surface area contributed by atoms with Crippen LogP contribution in [0.5, 0.6) is 0 Å². The molecule has 3 rings (SSSR count). The molecule has 0 amide bonds. The third kappa shape index (κ3) is 1.51. The van der Waals surface area contributed by atoms with Crippen molar-refractivity contribution in [2.75, 3.05) is 5.75 Å². The third-order valence-electron chi connectivity index (χ3n) is 4.17. The fraction of sp³-hybridized carbons (Fsp3) is 0.417. The molecule has 8 heteroatoms. The lowest BCUT2D eigenvalue weighted by Crippen LogP contribution is -2.22. The van der Waals surface area contributed by atoms with Gasteiger partial charge in [0.1, 0.15) is 11.7 Å². The second-order valence-corrected chi connectivity index (χ2v) is 6.12. The van der Waals surface area contributed by atoms with Crippen LogP contribution < -0.4 is 0 Å². The quantitative estimate of drug-likeness (QED) is 0.477. The number of carbonyl (C=O) groups is 1. The Balaban J connectivity index is 2.06. The minimum absolute atomic E-state index is 0.0825. The Labute approximate surface area is 117 Å². The molecule has 2 fully saturated rings. The van der Waals surface area contributed by atoms with Gasteiger partial charge in [0.05, 0.1) is 16.1 Å². The number of hydrogen-bond donors (Lipinski definition) is 0. The summed E-state index contributed by atoms with van der Waals surface area (Å²) in [6.45, 7) is 0. The average molecular weight is 294 g/mol. The maximum Gasteiger partial charge on any atom is 0.273 e. The number of benzene rings is 1. The van der Waals surface area contributed by atoms with Crippen molar-refractivity contribution in [1.82, 2.24) is 0 Å². The summed E-state index contributed by atoms with van der Waals surface area (Å²) in [5.74, 6) is 0.172. The van der Waals surface area contributed by atoms with Crippen LogP contribution in [0.3, 0.4) is 0 Å². The second-order valence-electron chi connectivity index (χ2n) is 4.98. The Morgan fingerprint density at radius 3 is 2.55 bits per heavy atom. The van der Waals surface area contributed by atoms with Gasteiger partial charge in [-0.05, 0) is 0 Å². The van der Waals surface area contributed by atoms with Crippen LogP contribution in [-0.2, 0) is 4.79 Å². The predicted octanol–water partition coefficient (Wildman–Crippen LogP) is 1.84. The molecule has 1 aliphatic heterocycles. The summed E-state index contributed by atoms with van der Waals surface area (Å²) < 4.78 is 0. The summed E-state index contributed by atoms with van der Waals surface area (Å²) >= 11 is 1.39. The summed E-state index contributed by atoms with van der Waals surface area (Å²) in [4.78, 5) is 32.6. The van der Waals surface area contributed by atoms with E-state index < -0.39 is 26.6 Å². The number of rotatable bonds is 4.